The molecule has 0 bridgehead atoms. The second-order valence-corrected chi connectivity index (χ2v) is 8.83. The summed E-state index contributed by atoms with van der Waals surface area (Å²) >= 11 is 3.35. The molecule has 0 unspecified atom stereocenters. The van der Waals surface area contributed by atoms with Gasteiger partial charge in [-0.05, 0) is 55.7 Å². The van der Waals surface area contributed by atoms with E-state index in [-0.39, 0.29) is 4.90 Å². The number of nitrogens with zero attached hydrogens (tertiary/aromatic N) is 1. The molecule has 2 saturated carbocycles. The molecule has 21 heavy (non-hydrogen) atoms. The predicted octanol–water partition coefficient (Wildman–Crippen LogP) is 3.27. The molecule has 6 heteroatoms. The van der Waals surface area contributed by atoms with Gasteiger partial charge in [0.05, 0.1) is 7.11 Å². The number of benzene rings is 1. The van der Waals surface area contributed by atoms with Gasteiger partial charge in [-0.3, -0.25) is 0 Å². The van der Waals surface area contributed by atoms with Gasteiger partial charge in [-0.1, -0.05) is 15.9 Å². The molecule has 0 saturated heterocycles. The van der Waals surface area contributed by atoms with Crippen LogP contribution in [0, 0.1) is 11.8 Å². The lowest BCUT2D eigenvalue weighted by molar-refractivity contribution is 0.372. The summed E-state index contributed by atoms with van der Waals surface area (Å²) in [6, 6.07) is 5.13. The summed E-state index contributed by atoms with van der Waals surface area (Å²) in [7, 11) is -1.99. The van der Waals surface area contributed by atoms with Gasteiger partial charge in [0.15, 0.2) is 0 Å². The lowest BCUT2D eigenvalue weighted by atomic mass is 10.3. The minimum absolute atomic E-state index is 0.265. The Labute approximate surface area is 134 Å². The number of halogens is 1. The predicted molar refractivity (Wildman–Crippen MR) is 84.9 cm³/mol. The molecule has 0 amide bonds. The van der Waals surface area contributed by atoms with E-state index in [2.05, 4.69) is 15.9 Å². The maximum Gasteiger partial charge on any atom is 0.246 e. The average Bonchev–Trinajstić information content (AvgIpc) is 3.33. The lowest BCUT2D eigenvalue weighted by Crippen LogP contribution is -2.35. The fraction of sp³-hybridized carbons (Fsp3) is 0.600. The normalized spacial score (nSPS) is 19.0. The average molecular weight is 374 g/mol. The van der Waals surface area contributed by atoms with Crippen LogP contribution in [-0.2, 0) is 10.0 Å². The number of hydrogen-bond acceptors (Lipinski definition) is 3. The van der Waals surface area contributed by atoms with Crippen LogP contribution in [-0.4, -0.2) is 32.9 Å². The summed E-state index contributed by atoms with van der Waals surface area (Å²) in [6.07, 6.45) is 4.58. The Balaban J connectivity index is 1.93. The van der Waals surface area contributed by atoms with E-state index in [4.69, 9.17) is 4.74 Å². The lowest BCUT2D eigenvalue weighted by Gasteiger charge is -2.23. The highest BCUT2D eigenvalue weighted by Gasteiger charge is 2.36. The SMILES string of the molecule is COc1ccc(Br)cc1S(=O)(=O)N(CC1CC1)CC1CC1. The van der Waals surface area contributed by atoms with E-state index in [1.54, 1.807) is 22.5 Å². The van der Waals surface area contributed by atoms with E-state index in [0.29, 0.717) is 30.7 Å². The first-order chi connectivity index (χ1) is 10.0. The topological polar surface area (TPSA) is 46.6 Å². The summed E-state index contributed by atoms with van der Waals surface area (Å²) in [4.78, 5) is 0.265. The zero-order chi connectivity index (χ0) is 15.0. The second-order valence-electron chi connectivity index (χ2n) is 6.00. The molecule has 116 valence electrons. The highest BCUT2D eigenvalue weighted by molar-refractivity contribution is 9.10. The van der Waals surface area contributed by atoms with E-state index in [1.165, 1.54) is 7.11 Å². The van der Waals surface area contributed by atoms with Gasteiger partial charge in [0.1, 0.15) is 10.6 Å². The summed E-state index contributed by atoms with van der Waals surface area (Å²) in [5, 5.41) is 0. The number of hydrogen-bond donors (Lipinski definition) is 0. The molecule has 0 N–H and O–H groups in total. The van der Waals surface area contributed by atoms with Gasteiger partial charge < -0.3 is 4.74 Å². The van der Waals surface area contributed by atoms with E-state index < -0.39 is 10.0 Å². The fourth-order valence-corrected chi connectivity index (χ4v) is 4.73. The van der Waals surface area contributed by atoms with Gasteiger partial charge in [0.2, 0.25) is 10.0 Å². The largest absolute Gasteiger partial charge is 0.495 e. The van der Waals surface area contributed by atoms with Crippen LogP contribution in [0.15, 0.2) is 27.6 Å². The molecule has 4 nitrogen and oxygen atoms in total. The molecule has 0 heterocycles. The Morgan fingerprint density at radius 2 is 1.76 bits per heavy atom. The summed E-state index contributed by atoms with van der Waals surface area (Å²) in [6.45, 7) is 1.29. The number of methoxy groups -OCH3 is 1. The molecule has 0 aliphatic heterocycles. The molecule has 0 radical (unpaired) electrons. The molecule has 1 aromatic carbocycles. The molecule has 3 rings (SSSR count). The third-order valence-corrected chi connectivity index (χ3v) is 6.41. The Morgan fingerprint density at radius 3 is 2.24 bits per heavy atom. The number of sulfonamides is 1. The molecular formula is C15H20BrNO3S. The van der Waals surface area contributed by atoms with Crippen molar-refractivity contribution in [2.75, 3.05) is 20.2 Å². The zero-order valence-corrected chi connectivity index (χ0v) is 14.5. The van der Waals surface area contributed by atoms with Crippen LogP contribution in [0.2, 0.25) is 0 Å². The highest BCUT2D eigenvalue weighted by atomic mass is 79.9. The maximum atomic E-state index is 13.0. The van der Waals surface area contributed by atoms with Gasteiger partial charge in [0, 0.05) is 17.6 Å². The molecule has 0 atom stereocenters. The second kappa shape index (κ2) is 5.89. The minimum atomic E-state index is -3.50. The van der Waals surface area contributed by atoms with Gasteiger partial charge in [-0.15, -0.1) is 0 Å². The van der Waals surface area contributed by atoms with Crippen molar-refractivity contribution >= 4 is 26.0 Å². The third-order valence-electron chi connectivity index (χ3n) is 4.06. The van der Waals surface area contributed by atoms with Crippen molar-refractivity contribution in [3.05, 3.63) is 22.7 Å². The van der Waals surface area contributed by atoms with Crippen LogP contribution in [0.25, 0.3) is 0 Å². The quantitative estimate of drug-likeness (QED) is 0.736. The van der Waals surface area contributed by atoms with Crippen LogP contribution in [0.5, 0.6) is 5.75 Å². The Morgan fingerprint density at radius 1 is 1.19 bits per heavy atom. The molecule has 2 aliphatic rings. The van der Waals surface area contributed by atoms with Crippen LogP contribution in [0.1, 0.15) is 25.7 Å². The maximum absolute atomic E-state index is 13.0. The van der Waals surface area contributed by atoms with Gasteiger partial charge >= 0.3 is 0 Å². The van der Waals surface area contributed by atoms with Gasteiger partial charge in [0.25, 0.3) is 0 Å². The summed E-state index contributed by atoms with van der Waals surface area (Å²) < 4.78 is 33.7. The summed E-state index contributed by atoms with van der Waals surface area (Å²) in [5.74, 6) is 1.49. The van der Waals surface area contributed by atoms with E-state index in [9.17, 15) is 8.42 Å². The molecule has 1 aromatic rings. The number of rotatable bonds is 7. The van der Waals surface area contributed by atoms with Crippen molar-refractivity contribution in [2.24, 2.45) is 11.8 Å². The van der Waals surface area contributed by atoms with Gasteiger partial charge in [-0.2, -0.15) is 4.31 Å². The van der Waals surface area contributed by atoms with Crippen LogP contribution in [0.3, 0.4) is 0 Å². The summed E-state index contributed by atoms with van der Waals surface area (Å²) in [5.41, 5.74) is 0. The molecule has 2 fully saturated rings. The smallest absolute Gasteiger partial charge is 0.246 e. The van der Waals surface area contributed by atoms with Gasteiger partial charge in [-0.25, -0.2) is 8.42 Å². The first-order valence-corrected chi connectivity index (χ1v) is 9.57. The zero-order valence-electron chi connectivity index (χ0n) is 12.1. The van der Waals surface area contributed by atoms with Crippen molar-refractivity contribution in [2.45, 2.75) is 30.6 Å². The molecule has 2 aliphatic carbocycles. The van der Waals surface area contributed by atoms with Crippen LogP contribution in [0.4, 0.5) is 0 Å². The minimum Gasteiger partial charge on any atom is -0.495 e. The van der Waals surface area contributed by atoms with Crippen molar-refractivity contribution in [1.82, 2.24) is 4.31 Å². The van der Waals surface area contributed by atoms with Crippen molar-refractivity contribution < 1.29 is 13.2 Å². The Bertz CT molecular complexity index is 610. The molecular weight excluding hydrogens is 354 g/mol. The first kappa shape index (κ1) is 15.3. The molecule has 0 spiro atoms. The van der Waals surface area contributed by atoms with Crippen LogP contribution < -0.4 is 4.74 Å². The standard InChI is InChI=1S/C15H20BrNO3S/c1-20-14-7-6-13(16)8-15(14)21(18,19)17(9-11-2-3-11)10-12-4-5-12/h6-8,11-12H,2-5,9-10H2,1H3. The number of ether oxygens (including phenoxy) is 1. The fourth-order valence-electron chi connectivity index (χ4n) is 2.44. The van der Waals surface area contributed by atoms with E-state index >= 15 is 0 Å². The van der Waals surface area contributed by atoms with Crippen molar-refractivity contribution in [3.63, 3.8) is 0 Å². The molecule has 0 aromatic heterocycles. The van der Waals surface area contributed by atoms with Crippen molar-refractivity contribution in [3.8, 4) is 5.75 Å². The van der Waals surface area contributed by atoms with Crippen LogP contribution >= 0.6 is 15.9 Å². The highest BCUT2D eigenvalue weighted by Crippen LogP contribution is 2.37. The first-order valence-electron chi connectivity index (χ1n) is 7.34. The van der Waals surface area contributed by atoms with E-state index in [0.717, 1.165) is 30.2 Å². The third kappa shape index (κ3) is 3.60. The van der Waals surface area contributed by atoms with Crippen molar-refractivity contribution in [1.29, 1.82) is 0 Å². The Kier molecular flexibility index (Phi) is 4.30. The Hall–Kier alpha value is -0.590. The van der Waals surface area contributed by atoms with E-state index in [1.807, 2.05) is 0 Å². The monoisotopic (exact) mass is 373 g/mol.